The highest BCUT2D eigenvalue weighted by Crippen LogP contribution is 2.22. The van der Waals surface area contributed by atoms with Crippen molar-refractivity contribution in [2.45, 2.75) is 11.4 Å². The van der Waals surface area contributed by atoms with Gasteiger partial charge in [-0.3, -0.25) is 9.69 Å². The zero-order chi connectivity index (χ0) is 19.6. The first-order chi connectivity index (χ1) is 12.8. The lowest BCUT2D eigenvalue weighted by Gasteiger charge is -2.34. The van der Waals surface area contributed by atoms with E-state index < -0.39 is 21.7 Å². The van der Waals surface area contributed by atoms with Gasteiger partial charge < -0.3 is 5.73 Å². The third-order valence-corrected chi connectivity index (χ3v) is 6.74. The van der Waals surface area contributed by atoms with Crippen LogP contribution in [0.15, 0.2) is 47.4 Å². The fourth-order valence-electron chi connectivity index (χ4n) is 2.98. The summed E-state index contributed by atoms with van der Waals surface area (Å²) in [5, 5.41) is 0.355. The Morgan fingerprint density at radius 3 is 2.44 bits per heavy atom. The molecule has 0 saturated carbocycles. The first-order valence-corrected chi connectivity index (χ1v) is 10.2. The molecule has 27 heavy (non-hydrogen) atoms. The molecule has 3 rings (SSSR count). The van der Waals surface area contributed by atoms with Crippen molar-refractivity contribution in [2.24, 2.45) is 5.73 Å². The van der Waals surface area contributed by atoms with E-state index in [4.69, 9.17) is 17.3 Å². The van der Waals surface area contributed by atoms with Crippen LogP contribution >= 0.6 is 11.6 Å². The second kappa shape index (κ2) is 7.93. The molecule has 0 aliphatic carbocycles. The maximum atomic E-state index is 13.1. The number of hydrogen-bond acceptors (Lipinski definition) is 4. The monoisotopic (exact) mass is 411 g/mol. The van der Waals surface area contributed by atoms with Gasteiger partial charge in [-0.15, -0.1) is 0 Å². The summed E-state index contributed by atoms with van der Waals surface area (Å²) in [7, 11) is -3.70. The van der Waals surface area contributed by atoms with Gasteiger partial charge in [-0.2, -0.15) is 4.31 Å². The number of carbonyl (C=O) groups is 1. The fourth-order valence-corrected chi connectivity index (χ4v) is 4.67. The standard InChI is InChI=1S/C18H19ClFN3O3S/c19-17-11-15(20)5-4-14(17)12-22-6-8-23(9-7-22)27(25,26)16-3-1-2-13(10-16)18(21)24/h1-5,10-11H,6-9,12H2,(H2,21,24). The summed E-state index contributed by atoms with van der Waals surface area (Å²) in [5.74, 6) is -1.06. The van der Waals surface area contributed by atoms with Gasteiger partial charge in [0.25, 0.3) is 0 Å². The van der Waals surface area contributed by atoms with Gasteiger partial charge in [0.2, 0.25) is 15.9 Å². The SMILES string of the molecule is NC(=O)c1cccc(S(=O)(=O)N2CCN(Cc3ccc(F)cc3Cl)CC2)c1. The quantitative estimate of drug-likeness (QED) is 0.816. The maximum absolute atomic E-state index is 13.1. The molecule has 0 atom stereocenters. The maximum Gasteiger partial charge on any atom is 0.248 e. The minimum Gasteiger partial charge on any atom is -0.366 e. The third-order valence-electron chi connectivity index (χ3n) is 4.50. The average Bonchev–Trinajstić information content (AvgIpc) is 2.64. The molecule has 1 aliphatic rings. The second-order valence-corrected chi connectivity index (χ2v) is 8.65. The minimum atomic E-state index is -3.70. The number of amides is 1. The number of primary amides is 1. The molecule has 0 unspecified atom stereocenters. The van der Waals surface area contributed by atoms with E-state index in [9.17, 15) is 17.6 Å². The van der Waals surface area contributed by atoms with Gasteiger partial charge in [0.1, 0.15) is 5.82 Å². The number of hydrogen-bond donors (Lipinski definition) is 1. The molecule has 144 valence electrons. The molecular weight excluding hydrogens is 393 g/mol. The highest BCUT2D eigenvalue weighted by atomic mass is 35.5. The van der Waals surface area contributed by atoms with Crippen LogP contribution in [0.4, 0.5) is 4.39 Å². The molecule has 2 aromatic rings. The van der Waals surface area contributed by atoms with Gasteiger partial charge in [0.15, 0.2) is 0 Å². The van der Waals surface area contributed by atoms with E-state index in [0.29, 0.717) is 37.7 Å². The van der Waals surface area contributed by atoms with Crippen LogP contribution in [0.2, 0.25) is 5.02 Å². The van der Waals surface area contributed by atoms with Gasteiger partial charge in [0, 0.05) is 43.3 Å². The molecule has 9 heteroatoms. The molecule has 1 amide bonds. The van der Waals surface area contributed by atoms with Crippen LogP contribution in [0.3, 0.4) is 0 Å². The van der Waals surface area contributed by atoms with Gasteiger partial charge in [-0.05, 0) is 35.9 Å². The largest absolute Gasteiger partial charge is 0.366 e. The van der Waals surface area contributed by atoms with Crippen LogP contribution in [0.25, 0.3) is 0 Å². The van der Waals surface area contributed by atoms with Crippen molar-refractivity contribution >= 4 is 27.5 Å². The van der Waals surface area contributed by atoms with Gasteiger partial charge in [-0.1, -0.05) is 23.7 Å². The Hall–Kier alpha value is -2.00. The summed E-state index contributed by atoms with van der Waals surface area (Å²) in [4.78, 5) is 13.4. The first kappa shape index (κ1) is 19.8. The Morgan fingerprint density at radius 1 is 1.11 bits per heavy atom. The van der Waals surface area contributed by atoms with Crippen molar-refractivity contribution in [3.05, 3.63) is 64.4 Å². The number of nitrogens with two attached hydrogens (primary N) is 1. The number of piperazine rings is 1. The molecule has 2 aromatic carbocycles. The smallest absolute Gasteiger partial charge is 0.248 e. The van der Waals surface area contributed by atoms with Gasteiger partial charge in [0.05, 0.1) is 4.90 Å². The molecule has 1 heterocycles. The summed E-state index contributed by atoms with van der Waals surface area (Å²) in [5.41, 5.74) is 6.18. The molecule has 6 nitrogen and oxygen atoms in total. The average molecular weight is 412 g/mol. The summed E-state index contributed by atoms with van der Waals surface area (Å²) < 4.78 is 40.2. The number of sulfonamides is 1. The molecule has 0 spiro atoms. The van der Waals surface area contributed by atoms with Gasteiger partial charge in [-0.25, -0.2) is 12.8 Å². The van der Waals surface area contributed by atoms with E-state index in [1.807, 2.05) is 0 Å². The van der Waals surface area contributed by atoms with E-state index in [0.717, 1.165) is 5.56 Å². The van der Waals surface area contributed by atoms with Crippen molar-refractivity contribution in [2.75, 3.05) is 26.2 Å². The molecule has 1 aliphatic heterocycles. The summed E-state index contributed by atoms with van der Waals surface area (Å²) >= 11 is 6.06. The van der Waals surface area contributed by atoms with Crippen LogP contribution in [0, 0.1) is 5.82 Å². The van der Waals surface area contributed by atoms with Crippen LogP contribution in [-0.2, 0) is 16.6 Å². The van der Waals surface area contributed by atoms with Crippen molar-refractivity contribution in [3.63, 3.8) is 0 Å². The molecular formula is C18H19ClFN3O3S. The predicted molar refractivity (Wildman–Crippen MR) is 100 cm³/mol. The van der Waals surface area contributed by atoms with E-state index in [1.54, 1.807) is 6.07 Å². The Balaban J connectivity index is 1.67. The number of benzene rings is 2. The summed E-state index contributed by atoms with van der Waals surface area (Å²) in [6, 6.07) is 9.98. The van der Waals surface area contributed by atoms with Crippen LogP contribution in [0.1, 0.15) is 15.9 Å². The number of rotatable bonds is 5. The second-order valence-electron chi connectivity index (χ2n) is 6.31. The van der Waals surface area contributed by atoms with Crippen molar-refractivity contribution in [1.29, 1.82) is 0 Å². The third kappa shape index (κ3) is 4.47. The zero-order valence-corrected chi connectivity index (χ0v) is 16.0. The lowest BCUT2D eigenvalue weighted by Crippen LogP contribution is -2.48. The Kier molecular flexibility index (Phi) is 5.81. The normalized spacial score (nSPS) is 16.4. The highest BCUT2D eigenvalue weighted by molar-refractivity contribution is 7.89. The van der Waals surface area contributed by atoms with Crippen LogP contribution < -0.4 is 5.73 Å². The predicted octanol–water partition coefficient (Wildman–Crippen LogP) is 2.08. The number of halogens is 2. The summed E-state index contributed by atoms with van der Waals surface area (Å²) in [6.45, 7) is 2.17. The van der Waals surface area contributed by atoms with Gasteiger partial charge >= 0.3 is 0 Å². The van der Waals surface area contributed by atoms with E-state index in [2.05, 4.69) is 4.90 Å². The van der Waals surface area contributed by atoms with E-state index in [1.165, 1.54) is 40.7 Å². The Morgan fingerprint density at radius 2 is 1.81 bits per heavy atom. The minimum absolute atomic E-state index is 0.0498. The van der Waals surface area contributed by atoms with Crippen molar-refractivity contribution < 1.29 is 17.6 Å². The number of nitrogens with zero attached hydrogens (tertiary/aromatic N) is 2. The Labute approximate surface area is 162 Å². The lowest BCUT2D eigenvalue weighted by atomic mass is 10.2. The van der Waals surface area contributed by atoms with Crippen molar-refractivity contribution in [1.82, 2.24) is 9.21 Å². The van der Waals surface area contributed by atoms with Crippen LogP contribution in [0.5, 0.6) is 0 Å². The molecule has 0 bridgehead atoms. The summed E-state index contributed by atoms with van der Waals surface area (Å²) in [6.07, 6.45) is 0. The fraction of sp³-hybridized carbons (Fsp3) is 0.278. The number of carbonyl (C=O) groups excluding carboxylic acids is 1. The zero-order valence-electron chi connectivity index (χ0n) is 14.4. The highest BCUT2D eigenvalue weighted by Gasteiger charge is 2.29. The first-order valence-electron chi connectivity index (χ1n) is 8.33. The molecule has 1 saturated heterocycles. The lowest BCUT2D eigenvalue weighted by molar-refractivity contribution is 0.1000. The van der Waals surface area contributed by atoms with Crippen LogP contribution in [-0.4, -0.2) is 49.7 Å². The topological polar surface area (TPSA) is 83.7 Å². The molecule has 1 fully saturated rings. The molecule has 2 N–H and O–H groups in total. The Bertz CT molecular complexity index is 960. The molecule has 0 aromatic heterocycles. The van der Waals surface area contributed by atoms with E-state index >= 15 is 0 Å². The van der Waals surface area contributed by atoms with E-state index in [-0.39, 0.29) is 10.5 Å². The van der Waals surface area contributed by atoms with Crippen molar-refractivity contribution in [3.8, 4) is 0 Å². The molecule has 0 radical (unpaired) electrons.